The Bertz CT molecular complexity index is 457. The van der Waals surface area contributed by atoms with Crippen LogP contribution in [0.25, 0.3) is 0 Å². The molecule has 110 valence electrons. The molecule has 0 radical (unpaired) electrons. The second kappa shape index (κ2) is 6.75. The highest BCUT2D eigenvalue weighted by molar-refractivity contribution is 5.95. The summed E-state index contributed by atoms with van der Waals surface area (Å²) in [4.78, 5) is 14.2. The fraction of sp³-hybridized carbons (Fsp3) is 0.562. The first kappa shape index (κ1) is 14.9. The maximum atomic E-state index is 12.3. The lowest BCUT2D eigenvalue weighted by Gasteiger charge is -2.20. The third-order valence-electron chi connectivity index (χ3n) is 4.00. The number of anilines is 1. The topological polar surface area (TPSA) is 58.4 Å². The molecule has 2 unspecified atom stereocenters. The third-order valence-corrected chi connectivity index (χ3v) is 4.00. The van der Waals surface area contributed by atoms with E-state index in [0.717, 1.165) is 43.6 Å². The molecule has 0 bridgehead atoms. The summed E-state index contributed by atoms with van der Waals surface area (Å²) in [6.45, 7) is 5.49. The van der Waals surface area contributed by atoms with Gasteiger partial charge in [-0.15, -0.1) is 0 Å². The van der Waals surface area contributed by atoms with Crippen LogP contribution in [0.1, 0.15) is 43.5 Å². The van der Waals surface area contributed by atoms with Gasteiger partial charge < -0.3 is 16.0 Å². The minimum atomic E-state index is 0.0989. The van der Waals surface area contributed by atoms with E-state index in [1.54, 1.807) is 0 Å². The Morgan fingerprint density at radius 3 is 2.70 bits per heavy atom. The number of benzene rings is 1. The van der Waals surface area contributed by atoms with Crippen molar-refractivity contribution in [2.45, 2.75) is 45.2 Å². The van der Waals surface area contributed by atoms with Gasteiger partial charge in [0.1, 0.15) is 0 Å². The summed E-state index contributed by atoms with van der Waals surface area (Å²) in [6.07, 6.45) is 3.19. The number of carbonyl (C=O) groups excluding carboxylic acids is 1. The molecule has 0 heterocycles. The van der Waals surface area contributed by atoms with Crippen molar-refractivity contribution in [2.24, 2.45) is 5.73 Å². The Balaban J connectivity index is 2.05. The Kier molecular flexibility index (Phi) is 5.01. The highest BCUT2D eigenvalue weighted by Gasteiger charge is 2.21. The van der Waals surface area contributed by atoms with Crippen LogP contribution in [0, 0.1) is 0 Å². The van der Waals surface area contributed by atoms with E-state index in [4.69, 9.17) is 5.73 Å². The van der Waals surface area contributed by atoms with Gasteiger partial charge in [0.15, 0.2) is 0 Å². The first-order valence-electron chi connectivity index (χ1n) is 7.55. The number of amides is 1. The van der Waals surface area contributed by atoms with Crippen molar-refractivity contribution >= 4 is 11.6 Å². The van der Waals surface area contributed by atoms with Gasteiger partial charge in [0, 0.05) is 36.4 Å². The van der Waals surface area contributed by atoms with Crippen molar-refractivity contribution in [2.75, 3.05) is 18.4 Å². The number of carbonyl (C=O) groups is 1. The predicted molar refractivity (Wildman–Crippen MR) is 82.9 cm³/mol. The fourth-order valence-electron chi connectivity index (χ4n) is 2.82. The minimum Gasteiger partial charge on any atom is -0.382 e. The minimum absolute atomic E-state index is 0.0989. The van der Waals surface area contributed by atoms with E-state index < -0.39 is 0 Å². The number of rotatable bonds is 5. The monoisotopic (exact) mass is 275 g/mol. The second-order valence-electron chi connectivity index (χ2n) is 5.47. The molecular weight excluding hydrogens is 250 g/mol. The van der Waals surface area contributed by atoms with Gasteiger partial charge in [0.25, 0.3) is 5.91 Å². The van der Waals surface area contributed by atoms with E-state index in [1.165, 1.54) is 0 Å². The Morgan fingerprint density at radius 2 is 2.10 bits per heavy atom. The van der Waals surface area contributed by atoms with E-state index in [9.17, 15) is 4.79 Å². The third kappa shape index (κ3) is 3.51. The van der Waals surface area contributed by atoms with Gasteiger partial charge >= 0.3 is 0 Å². The summed E-state index contributed by atoms with van der Waals surface area (Å²) in [5.74, 6) is 0.0989. The maximum absolute atomic E-state index is 12.3. The molecule has 1 fully saturated rings. The molecule has 2 atom stereocenters. The van der Waals surface area contributed by atoms with Crippen LogP contribution in [0.5, 0.6) is 0 Å². The highest BCUT2D eigenvalue weighted by Crippen LogP contribution is 2.22. The van der Waals surface area contributed by atoms with Crippen molar-refractivity contribution in [3.8, 4) is 0 Å². The van der Waals surface area contributed by atoms with Crippen molar-refractivity contribution < 1.29 is 4.79 Å². The number of nitrogens with two attached hydrogens (primary N) is 1. The molecule has 1 aromatic carbocycles. The van der Waals surface area contributed by atoms with Crippen molar-refractivity contribution in [3.63, 3.8) is 0 Å². The second-order valence-corrected chi connectivity index (χ2v) is 5.47. The van der Waals surface area contributed by atoms with Gasteiger partial charge in [-0.2, -0.15) is 0 Å². The largest absolute Gasteiger partial charge is 0.382 e. The molecule has 20 heavy (non-hydrogen) atoms. The molecule has 1 aromatic rings. The van der Waals surface area contributed by atoms with Crippen LogP contribution in [0.15, 0.2) is 24.3 Å². The van der Waals surface area contributed by atoms with Crippen molar-refractivity contribution in [1.29, 1.82) is 0 Å². The Labute approximate surface area is 121 Å². The summed E-state index contributed by atoms with van der Waals surface area (Å²) >= 11 is 0. The molecule has 1 aliphatic rings. The van der Waals surface area contributed by atoms with E-state index >= 15 is 0 Å². The molecule has 0 aromatic heterocycles. The van der Waals surface area contributed by atoms with Gasteiger partial charge in [-0.05, 0) is 51.3 Å². The number of nitrogens with one attached hydrogen (secondary N) is 1. The molecule has 1 amide bonds. The molecule has 3 N–H and O–H groups in total. The lowest BCUT2D eigenvalue weighted by atomic mass is 10.1. The smallest absolute Gasteiger partial charge is 0.253 e. The van der Waals surface area contributed by atoms with E-state index in [1.807, 2.05) is 43.0 Å². The molecule has 0 spiro atoms. The molecule has 4 heteroatoms. The van der Waals surface area contributed by atoms with Gasteiger partial charge in [0.05, 0.1) is 0 Å². The average Bonchev–Trinajstić information content (AvgIpc) is 2.85. The van der Waals surface area contributed by atoms with Crippen LogP contribution in [-0.4, -0.2) is 36.0 Å². The highest BCUT2D eigenvalue weighted by atomic mass is 16.2. The van der Waals surface area contributed by atoms with Crippen LogP contribution in [0.2, 0.25) is 0 Å². The van der Waals surface area contributed by atoms with Crippen LogP contribution >= 0.6 is 0 Å². The maximum Gasteiger partial charge on any atom is 0.253 e. The molecule has 1 saturated carbocycles. The quantitative estimate of drug-likeness (QED) is 0.868. The number of hydrogen-bond donors (Lipinski definition) is 2. The molecule has 0 saturated heterocycles. The predicted octanol–water partition coefficient (Wildman–Crippen LogP) is 2.46. The van der Waals surface area contributed by atoms with Crippen LogP contribution < -0.4 is 11.1 Å². The summed E-state index contributed by atoms with van der Waals surface area (Å²) < 4.78 is 0. The summed E-state index contributed by atoms with van der Waals surface area (Å²) in [7, 11) is 0. The molecule has 0 aliphatic heterocycles. The van der Waals surface area contributed by atoms with Gasteiger partial charge in [-0.3, -0.25) is 4.79 Å². The zero-order valence-corrected chi connectivity index (χ0v) is 12.4. The number of hydrogen-bond acceptors (Lipinski definition) is 3. The fourth-order valence-corrected chi connectivity index (χ4v) is 2.82. The Hall–Kier alpha value is -1.55. The molecule has 1 aliphatic carbocycles. The van der Waals surface area contributed by atoms with Crippen molar-refractivity contribution in [1.82, 2.24) is 4.90 Å². The van der Waals surface area contributed by atoms with Gasteiger partial charge in [-0.25, -0.2) is 0 Å². The normalized spacial score (nSPS) is 21.8. The summed E-state index contributed by atoms with van der Waals surface area (Å²) in [5, 5.41) is 3.49. The van der Waals surface area contributed by atoms with Gasteiger partial charge in [0.2, 0.25) is 0 Å². The van der Waals surface area contributed by atoms with Gasteiger partial charge in [-0.1, -0.05) is 6.07 Å². The van der Waals surface area contributed by atoms with Crippen LogP contribution in [0.4, 0.5) is 5.69 Å². The average molecular weight is 275 g/mol. The van der Waals surface area contributed by atoms with Crippen LogP contribution in [0.3, 0.4) is 0 Å². The van der Waals surface area contributed by atoms with E-state index in [2.05, 4.69) is 5.32 Å². The zero-order valence-electron chi connectivity index (χ0n) is 12.4. The van der Waals surface area contributed by atoms with Crippen LogP contribution in [-0.2, 0) is 0 Å². The number of nitrogens with zero attached hydrogens (tertiary/aromatic N) is 1. The SMILES string of the molecule is CCN(CC)C(=O)c1cccc(NC2CCC(N)C2)c1. The molecule has 4 nitrogen and oxygen atoms in total. The first-order valence-corrected chi connectivity index (χ1v) is 7.55. The summed E-state index contributed by atoms with van der Waals surface area (Å²) in [6, 6.07) is 8.53. The molecular formula is C16H25N3O. The summed E-state index contributed by atoms with van der Waals surface area (Å²) in [5.41, 5.74) is 7.70. The molecule has 2 rings (SSSR count). The van der Waals surface area contributed by atoms with Crippen molar-refractivity contribution in [3.05, 3.63) is 29.8 Å². The lowest BCUT2D eigenvalue weighted by molar-refractivity contribution is 0.0773. The van der Waals surface area contributed by atoms with E-state index in [0.29, 0.717) is 12.1 Å². The van der Waals surface area contributed by atoms with E-state index in [-0.39, 0.29) is 5.91 Å². The first-order chi connectivity index (χ1) is 9.63. The lowest BCUT2D eigenvalue weighted by Crippen LogP contribution is -2.30. The zero-order chi connectivity index (χ0) is 14.5. The standard InChI is InChI=1S/C16H25N3O/c1-3-19(4-2)16(20)12-6-5-7-14(10-12)18-15-9-8-13(17)11-15/h5-7,10,13,15,18H,3-4,8-9,11,17H2,1-2H3. The Morgan fingerprint density at radius 1 is 1.35 bits per heavy atom.